The molecule has 0 aliphatic rings. The maximum Gasteiger partial charge on any atom is 0.459 e. The zero-order valence-electron chi connectivity index (χ0n) is 6.05. The minimum Gasteiger partial charge on any atom is -0.244 e. The number of rotatable bonds is 2. The van der Waals surface area contributed by atoms with Gasteiger partial charge >= 0.3 is 18.0 Å². The van der Waals surface area contributed by atoms with Crippen LogP contribution in [-0.2, 0) is 0 Å². The molecule has 0 N–H and O–H groups in total. The van der Waals surface area contributed by atoms with Gasteiger partial charge < -0.3 is 0 Å². The van der Waals surface area contributed by atoms with Gasteiger partial charge in [0.15, 0.2) is 6.67 Å². The summed E-state index contributed by atoms with van der Waals surface area (Å²) in [6.45, 7) is -3.06. The fourth-order valence-electron chi connectivity index (χ4n) is 0.291. The Bertz CT molecular complexity index is 163. The molecule has 0 rings (SSSR count). The standard InChI is InChI=1S/C4H2F8.2ClH/c5-1-2(6,7)3(8,9)4(10,11)12;;/h1H2;2*1H. The molecule has 0 aromatic carbocycles. The molecule has 0 unspecified atom stereocenters. The van der Waals surface area contributed by atoms with Crippen molar-refractivity contribution in [3.05, 3.63) is 0 Å². The Morgan fingerprint density at radius 3 is 1.07 bits per heavy atom. The van der Waals surface area contributed by atoms with Crippen LogP contribution in [0.4, 0.5) is 35.1 Å². The third kappa shape index (κ3) is 3.30. The zero-order valence-corrected chi connectivity index (χ0v) is 7.68. The van der Waals surface area contributed by atoms with Crippen molar-refractivity contribution in [1.82, 2.24) is 0 Å². The average Bonchev–Trinajstić information content (AvgIpc) is 1.85. The molecule has 0 spiro atoms. The lowest BCUT2D eigenvalue weighted by molar-refractivity contribution is -0.356. The Balaban J connectivity index is -0.000000605. The third-order valence-corrected chi connectivity index (χ3v) is 0.983. The van der Waals surface area contributed by atoms with Crippen LogP contribution in [0, 0.1) is 0 Å². The minimum atomic E-state index is -6.44. The second-order valence-corrected chi connectivity index (χ2v) is 1.91. The summed E-state index contributed by atoms with van der Waals surface area (Å²) in [5.41, 5.74) is 0. The highest BCUT2D eigenvalue weighted by atomic mass is 35.5. The van der Waals surface area contributed by atoms with E-state index in [1.807, 2.05) is 0 Å². The number of alkyl halides is 8. The highest BCUT2D eigenvalue weighted by molar-refractivity contribution is 5.85. The Hall–Kier alpha value is 0.0200. The predicted octanol–water partition coefficient (Wildman–Crippen LogP) is 3.63. The molecule has 0 bridgehead atoms. The van der Waals surface area contributed by atoms with Crippen LogP contribution in [0.2, 0.25) is 0 Å². The molecular formula is C4H4Cl2F8. The van der Waals surface area contributed by atoms with Crippen LogP contribution in [0.15, 0.2) is 0 Å². The van der Waals surface area contributed by atoms with Crippen molar-refractivity contribution in [2.24, 2.45) is 0 Å². The van der Waals surface area contributed by atoms with E-state index < -0.39 is 24.7 Å². The SMILES string of the molecule is Cl.Cl.FCC(F)(F)C(F)(F)C(F)(F)F. The first-order chi connectivity index (χ1) is 5.06. The lowest BCUT2D eigenvalue weighted by atomic mass is 10.2. The molecule has 0 saturated heterocycles. The van der Waals surface area contributed by atoms with E-state index in [1.165, 1.54) is 0 Å². The lowest BCUT2D eigenvalue weighted by Gasteiger charge is -2.25. The summed E-state index contributed by atoms with van der Waals surface area (Å²) in [4.78, 5) is 0. The van der Waals surface area contributed by atoms with Gasteiger partial charge in [-0.15, -0.1) is 24.8 Å². The quantitative estimate of drug-likeness (QED) is 0.675. The predicted molar refractivity (Wildman–Crippen MR) is 36.4 cm³/mol. The van der Waals surface area contributed by atoms with Crippen molar-refractivity contribution in [2.45, 2.75) is 18.0 Å². The molecule has 10 heteroatoms. The summed E-state index contributed by atoms with van der Waals surface area (Å²) in [7, 11) is 0. The summed E-state index contributed by atoms with van der Waals surface area (Å²) in [5, 5.41) is 0. The molecule has 0 amide bonds. The van der Waals surface area contributed by atoms with Gasteiger partial charge in [-0.3, -0.25) is 0 Å². The van der Waals surface area contributed by atoms with Gasteiger partial charge in [0, 0.05) is 0 Å². The van der Waals surface area contributed by atoms with Crippen LogP contribution in [0.5, 0.6) is 0 Å². The van der Waals surface area contributed by atoms with E-state index in [9.17, 15) is 35.1 Å². The van der Waals surface area contributed by atoms with Crippen molar-refractivity contribution in [2.75, 3.05) is 6.67 Å². The number of halogens is 10. The van der Waals surface area contributed by atoms with Crippen LogP contribution in [0.3, 0.4) is 0 Å². The van der Waals surface area contributed by atoms with E-state index in [1.54, 1.807) is 0 Å². The van der Waals surface area contributed by atoms with Gasteiger partial charge in [0.05, 0.1) is 0 Å². The lowest BCUT2D eigenvalue weighted by Crippen LogP contribution is -2.53. The second kappa shape index (κ2) is 5.20. The van der Waals surface area contributed by atoms with Gasteiger partial charge in [-0.05, 0) is 0 Å². The van der Waals surface area contributed by atoms with E-state index in [0.717, 1.165) is 0 Å². The summed E-state index contributed by atoms with van der Waals surface area (Å²) in [6, 6.07) is 0. The Morgan fingerprint density at radius 1 is 0.714 bits per heavy atom. The summed E-state index contributed by atoms with van der Waals surface area (Å²) in [6.07, 6.45) is -6.44. The van der Waals surface area contributed by atoms with Crippen LogP contribution in [0.25, 0.3) is 0 Å². The number of hydrogen-bond donors (Lipinski definition) is 0. The second-order valence-electron chi connectivity index (χ2n) is 1.91. The van der Waals surface area contributed by atoms with E-state index >= 15 is 0 Å². The summed E-state index contributed by atoms with van der Waals surface area (Å²) < 4.78 is 90.8. The monoisotopic (exact) mass is 274 g/mol. The third-order valence-electron chi connectivity index (χ3n) is 0.983. The van der Waals surface area contributed by atoms with E-state index in [2.05, 4.69) is 0 Å². The maximum absolute atomic E-state index is 11.6. The largest absolute Gasteiger partial charge is 0.459 e. The molecule has 0 nitrogen and oxygen atoms in total. The summed E-state index contributed by atoms with van der Waals surface area (Å²) in [5.74, 6) is -12.0. The fraction of sp³-hybridized carbons (Fsp3) is 1.00. The Labute approximate surface area is 85.5 Å². The molecular weight excluding hydrogens is 271 g/mol. The first-order valence-corrected chi connectivity index (χ1v) is 2.44. The van der Waals surface area contributed by atoms with Gasteiger partial charge in [-0.1, -0.05) is 0 Å². The maximum atomic E-state index is 11.6. The molecule has 0 fully saturated rings. The first kappa shape index (κ1) is 19.6. The smallest absolute Gasteiger partial charge is 0.244 e. The molecule has 0 heterocycles. The van der Waals surface area contributed by atoms with Gasteiger partial charge in [0.2, 0.25) is 0 Å². The van der Waals surface area contributed by atoms with Crippen molar-refractivity contribution in [3.63, 3.8) is 0 Å². The van der Waals surface area contributed by atoms with Crippen molar-refractivity contribution in [3.8, 4) is 0 Å². The van der Waals surface area contributed by atoms with Crippen LogP contribution in [0.1, 0.15) is 0 Å². The van der Waals surface area contributed by atoms with E-state index in [4.69, 9.17) is 0 Å². The van der Waals surface area contributed by atoms with Gasteiger partial charge in [-0.2, -0.15) is 30.7 Å². The van der Waals surface area contributed by atoms with Crippen molar-refractivity contribution in [1.29, 1.82) is 0 Å². The normalized spacial score (nSPS) is 12.9. The molecule has 90 valence electrons. The van der Waals surface area contributed by atoms with E-state index in [0.29, 0.717) is 0 Å². The van der Waals surface area contributed by atoms with Crippen molar-refractivity contribution < 1.29 is 35.1 Å². The average molecular weight is 275 g/mol. The van der Waals surface area contributed by atoms with Crippen LogP contribution in [-0.4, -0.2) is 24.7 Å². The summed E-state index contributed by atoms with van der Waals surface area (Å²) >= 11 is 0. The Morgan fingerprint density at radius 2 is 1.00 bits per heavy atom. The molecule has 0 radical (unpaired) electrons. The molecule has 0 aliphatic carbocycles. The van der Waals surface area contributed by atoms with Crippen molar-refractivity contribution >= 4 is 24.8 Å². The van der Waals surface area contributed by atoms with E-state index in [-0.39, 0.29) is 24.8 Å². The highest BCUT2D eigenvalue weighted by Crippen LogP contribution is 2.46. The molecule has 0 aromatic heterocycles. The topological polar surface area (TPSA) is 0 Å². The first-order valence-electron chi connectivity index (χ1n) is 2.44. The molecule has 14 heavy (non-hydrogen) atoms. The highest BCUT2D eigenvalue weighted by Gasteiger charge is 2.73. The fourth-order valence-corrected chi connectivity index (χ4v) is 0.291. The molecule has 0 aromatic rings. The van der Waals surface area contributed by atoms with Crippen LogP contribution < -0.4 is 0 Å². The van der Waals surface area contributed by atoms with Gasteiger partial charge in [0.25, 0.3) is 0 Å². The number of hydrogen-bond acceptors (Lipinski definition) is 0. The minimum absolute atomic E-state index is 0. The van der Waals surface area contributed by atoms with Crippen LogP contribution >= 0.6 is 24.8 Å². The van der Waals surface area contributed by atoms with Gasteiger partial charge in [0.1, 0.15) is 0 Å². The Kier molecular flexibility index (Phi) is 7.27. The molecule has 0 aliphatic heterocycles. The zero-order chi connectivity index (χ0) is 10.2. The molecule has 0 saturated carbocycles. The van der Waals surface area contributed by atoms with Gasteiger partial charge in [-0.25, -0.2) is 4.39 Å². The molecule has 0 atom stereocenters.